The normalized spacial score (nSPS) is 11.7. The Morgan fingerprint density at radius 2 is 2.00 bits per heavy atom. The third-order valence-corrected chi connectivity index (χ3v) is 2.99. The van der Waals surface area contributed by atoms with Crippen molar-refractivity contribution >= 4 is 11.3 Å². The molecule has 0 atom stereocenters. The van der Waals surface area contributed by atoms with Gasteiger partial charge in [0.25, 0.3) is 0 Å². The average Bonchev–Trinajstić information content (AvgIpc) is 2.69. The molecule has 15 heavy (non-hydrogen) atoms. The van der Waals surface area contributed by atoms with Crippen LogP contribution in [0.5, 0.6) is 0 Å². The number of aromatic nitrogens is 2. The summed E-state index contributed by atoms with van der Waals surface area (Å²) in [4.78, 5) is 10.1. The monoisotopic (exact) mass is 218 g/mol. The molecule has 0 unspecified atom stereocenters. The molecule has 0 N–H and O–H groups in total. The Labute approximate surface area is 94.0 Å². The lowest BCUT2D eigenvalue weighted by atomic mass is 9.95. The lowest BCUT2D eigenvalue weighted by molar-refractivity contribution is 0.546. The topological polar surface area (TPSA) is 25.8 Å². The Hall–Kier alpha value is -1.22. The molecule has 0 fully saturated rings. The number of nitrogens with zero attached hydrogens (tertiary/aromatic N) is 2. The summed E-state index contributed by atoms with van der Waals surface area (Å²) in [5.41, 5.74) is 1.03. The van der Waals surface area contributed by atoms with Crippen molar-refractivity contribution in [2.75, 3.05) is 0 Å². The molecule has 78 valence electrons. The van der Waals surface area contributed by atoms with Gasteiger partial charge in [-0.1, -0.05) is 26.8 Å². The number of hydrogen-bond donors (Lipinski definition) is 0. The first-order chi connectivity index (χ1) is 7.07. The fourth-order valence-electron chi connectivity index (χ4n) is 1.28. The Kier molecular flexibility index (Phi) is 2.57. The molecular formula is C12H14N2S. The van der Waals surface area contributed by atoms with E-state index in [4.69, 9.17) is 0 Å². The second kappa shape index (κ2) is 3.74. The Morgan fingerprint density at radius 1 is 1.20 bits per heavy atom. The highest BCUT2D eigenvalue weighted by Gasteiger charge is 2.17. The van der Waals surface area contributed by atoms with Crippen molar-refractivity contribution in [2.24, 2.45) is 0 Å². The number of thiophene rings is 1. The average molecular weight is 218 g/mol. The second-order valence-corrected chi connectivity index (χ2v) is 5.44. The fourth-order valence-corrected chi connectivity index (χ4v) is 1.98. The van der Waals surface area contributed by atoms with Crippen molar-refractivity contribution in [3.05, 3.63) is 35.6 Å². The van der Waals surface area contributed by atoms with Crippen molar-refractivity contribution in [3.63, 3.8) is 0 Å². The zero-order chi connectivity index (χ0) is 10.9. The Morgan fingerprint density at radius 3 is 2.60 bits per heavy atom. The zero-order valence-electron chi connectivity index (χ0n) is 9.19. The molecule has 0 aliphatic rings. The van der Waals surface area contributed by atoms with Gasteiger partial charge in [0, 0.05) is 11.6 Å². The molecule has 2 aromatic rings. The summed E-state index contributed by atoms with van der Waals surface area (Å²) in [6, 6.07) is 6.08. The predicted octanol–water partition coefficient (Wildman–Crippen LogP) is 3.50. The van der Waals surface area contributed by atoms with Crippen LogP contribution in [0.25, 0.3) is 10.6 Å². The largest absolute Gasteiger partial charge is 0.241 e. The van der Waals surface area contributed by atoms with Gasteiger partial charge in [-0.3, -0.25) is 0 Å². The van der Waals surface area contributed by atoms with Crippen LogP contribution in [0.15, 0.2) is 29.8 Å². The minimum absolute atomic E-state index is 0.00721. The minimum atomic E-state index is 0.00721. The maximum atomic E-state index is 4.59. The van der Waals surface area contributed by atoms with E-state index in [9.17, 15) is 0 Å². The summed E-state index contributed by atoms with van der Waals surface area (Å²) >= 11 is 1.71. The molecule has 0 radical (unpaired) electrons. The molecule has 0 aromatic carbocycles. The van der Waals surface area contributed by atoms with Gasteiger partial charge >= 0.3 is 0 Å². The van der Waals surface area contributed by atoms with E-state index < -0.39 is 0 Å². The van der Waals surface area contributed by atoms with Gasteiger partial charge in [0.2, 0.25) is 0 Å². The first-order valence-electron chi connectivity index (χ1n) is 4.95. The van der Waals surface area contributed by atoms with E-state index >= 15 is 0 Å². The molecule has 0 spiro atoms. The lowest BCUT2D eigenvalue weighted by Crippen LogP contribution is -2.15. The first-order valence-corrected chi connectivity index (χ1v) is 5.83. The summed E-state index contributed by atoms with van der Waals surface area (Å²) in [5.74, 6) is 0.897. The van der Waals surface area contributed by atoms with Crippen LogP contribution >= 0.6 is 11.3 Å². The van der Waals surface area contributed by atoms with Gasteiger partial charge in [0.15, 0.2) is 0 Å². The molecule has 0 amide bonds. The standard InChI is InChI=1S/C12H14N2S/c1-12(2,3)11-13-7-6-9(14-11)10-5-4-8-15-10/h4-8H,1-3H3. The SMILES string of the molecule is CC(C)(C)c1nccc(-c2cccs2)n1. The van der Waals surface area contributed by atoms with Crippen LogP contribution < -0.4 is 0 Å². The van der Waals surface area contributed by atoms with Crippen LogP contribution in [0, 0.1) is 0 Å². The van der Waals surface area contributed by atoms with Gasteiger partial charge in [0.05, 0.1) is 10.6 Å². The smallest absolute Gasteiger partial charge is 0.134 e. The number of hydrogen-bond acceptors (Lipinski definition) is 3. The molecule has 2 rings (SSSR count). The Balaban J connectivity index is 2.44. The summed E-state index contributed by atoms with van der Waals surface area (Å²) in [7, 11) is 0. The summed E-state index contributed by atoms with van der Waals surface area (Å²) in [6.45, 7) is 6.38. The molecule has 3 heteroatoms. The third kappa shape index (κ3) is 2.23. The fraction of sp³-hybridized carbons (Fsp3) is 0.333. The van der Waals surface area contributed by atoms with Gasteiger partial charge < -0.3 is 0 Å². The zero-order valence-corrected chi connectivity index (χ0v) is 10.0. The summed E-state index contributed by atoms with van der Waals surface area (Å²) in [5, 5.41) is 2.06. The second-order valence-electron chi connectivity index (χ2n) is 4.49. The molecule has 2 nitrogen and oxygen atoms in total. The first kappa shape index (κ1) is 10.3. The summed E-state index contributed by atoms with van der Waals surface area (Å²) < 4.78 is 0. The third-order valence-electron chi connectivity index (χ3n) is 2.10. The highest BCUT2D eigenvalue weighted by molar-refractivity contribution is 7.13. The van der Waals surface area contributed by atoms with E-state index in [2.05, 4.69) is 42.2 Å². The van der Waals surface area contributed by atoms with Crippen LogP contribution in [0.4, 0.5) is 0 Å². The van der Waals surface area contributed by atoms with Crippen LogP contribution in [-0.2, 0) is 5.41 Å². The molecule has 0 saturated heterocycles. The lowest BCUT2D eigenvalue weighted by Gasteiger charge is -2.16. The molecule has 0 bridgehead atoms. The van der Waals surface area contributed by atoms with Crippen LogP contribution in [0.1, 0.15) is 26.6 Å². The molecule has 2 aromatic heterocycles. The predicted molar refractivity (Wildman–Crippen MR) is 64.0 cm³/mol. The highest BCUT2D eigenvalue weighted by Crippen LogP contribution is 2.25. The van der Waals surface area contributed by atoms with Crippen LogP contribution in [0.3, 0.4) is 0 Å². The number of rotatable bonds is 1. The van der Waals surface area contributed by atoms with E-state index in [-0.39, 0.29) is 5.41 Å². The molecule has 0 saturated carbocycles. The molecular weight excluding hydrogens is 204 g/mol. The molecule has 2 heterocycles. The van der Waals surface area contributed by atoms with Crippen molar-refractivity contribution in [1.82, 2.24) is 9.97 Å². The maximum absolute atomic E-state index is 4.59. The quantitative estimate of drug-likeness (QED) is 0.732. The van der Waals surface area contributed by atoms with E-state index in [0.717, 1.165) is 11.5 Å². The van der Waals surface area contributed by atoms with Gasteiger partial charge in [-0.15, -0.1) is 11.3 Å². The maximum Gasteiger partial charge on any atom is 0.134 e. The van der Waals surface area contributed by atoms with E-state index in [0.29, 0.717) is 0 Å². The molecule has 0 aliphatic carbocycles. The van der Waals surface area contributed by atoms with Crippen LogP contribution in [0.2, 0.25) is 0 Å². The van der Waals surface area contributed by atoms with Gasteiger partial charge in [-0.25, -0.2) is 9.97 Å². The van der Waals surface area contributed by atoms with Crippen LogP contribution in [-0.4, -0.2) is 9.97 Å². The van der Waals surface area contributed by atoms with Gasteiger partial charge in [-0.05, 0) is 17.5 Å². The highest BCUT2D eigenvalue weighted by atomic mass is 32.1. The van der Waals surface area contributed by atoms with Crippen molar-refractivity contribution < 1.29 is 0 Å². The van der Waals surface area contributed by atoms with Crippen molar-refractivity contribution in [2.45, 2.75) is 26.2 Å². The van der Waals surface area contributed by atoms with E-state index in [1.165, 1.54) is 4.88 Å². The Bertz CT molecular complexity index is 441. The summed E-state index contributed by atoms with van der Waals surface area (Å²) in [6.07, 6.45) is 1.84. The van der Waals surface area contributed by atoms with E-state index in [1.807, 2.05) is 18.3 Å². The van der Waals surface area contributed by atoms with Crippen molar-refractivity contribution in [3.8, 4) is 10.6 Å². The van der Waals surface area contributed by atoms with Gasteiger partial charge in [-0.2, -0.15) is 0 Å². The molecule has 0 aliphatic heterocycles. The van der Waals surface area contributed by atoms with E-state index in [1.54, 1.807) is 11.3 Å². The minimum Gasteiger partial charge on any atom is -0.241 e. The van der Waals surface area contributed by atoms with Gasteiger partial charge in [0.1, 0.15) is 5.82 Å². The van der Waals surface area contributed by atoms with Crippen molar-refractivity contribution in [1.29, 1.82) is 0 Å².